The summed E-state index contributed by atoms with van der Waals surface area (Å²) in [6.45, 7) is 3.36. The lowest BCUT2D eigenvalue weighted by Gasteiger charge is -2.31. The average Bonchev–Trinajstić information content (AvgIpc) is 2.36. The van der Waals surface area contributed by atoms with E-state index in [1.54, 1.807) is 4.90 Å². The molecule has 0 radical (unpaired) electrons. The van der Waals surface area contributed by atoms with Gasteiger partial charge in [0.25, 0.3) is 0 Å². The summed E-state index contributed by atoms with van der Waals surface area (Å²) in [6, 6.07) is 1.39. The number of anilines is 2. The lowest BCUT2D eigenvalue weighted by atomic mass is 10.0. The van der Waals surface area contributed by atoms with Gasteiger partial charge in [0, 0.05) is 19.2 Å². The van der Waals surface area contributed by atoms with Gasteiger partial charge in [0.1, 0.15) is 11.6 Å². The van der Waals surface area contributed by atoms with E-state index in [2.05, 4.69) is 12.2 Å². The number of nitrogens with one attached hydrogen (secondary N) is 1. The first-order valence-corrected chi connectivity index (χ1v) is 6.28. The van der Waals surface area contributed by atoms with Gasteiger partial charge in [0.05, 0.1) is 11.4 Å². The highest BCUT2D eigenvalue weighted by Crippen LogP contribution is 2.22. The van der Waals surface area contributed by atoms with Crippen LogP contribution in [-0.4, -0.2) is 24.0 Å². The van der Waals surface area contributed by atoms with Gasteiger partial charge in [-0.05, 0) is 24.8 Å². The van der Waals surface area contributed by atoms with Gasteiger partial charge in [-0.2, -0.15) is 0 Å². The van der Waals surface area contributed by atoms with E-state index >= 15 is 0 Å². The van der Waals surface area contributed by atoms with Crippen molar-refractivity contribution in [3.63, 3.8) is 0 Å². The van der Waals surface area contributed by atoms with Crippen LogP contribution < -0.4 is 11.1 Å². The zero-order valence-corrected chi connectivity index (χ0v) is 10.7. The molecule has 1 heterocycles. The molecule has 0 spiro atoms. The molecule has 4 nitrogen and oxygen atoms in total. The summed E-state index contributed by atoms with van der Waals surface area (Å²) >= 11 is 0. The standard InChI is InChI=1S/C13H17F2N3O/c1-8-3-2-4-18(7-8)13(19)17-12-6-11(16)9(14)5-10(12)15/h5-6,8H,2-4,7,16H2,1H3,(H,17,19). The van der Waals surface area contributed by atoms with E-state index in [0.29, 0.717) is 25.1 Å². The number of nitrogens with two attached hydrogens (primary N) is 1. The minimum Gasteiger partial charge on any atom is -0.396 e. The fourth-order valence-corrected chi connectivity index (χ4v) is 2.23. The first-order valence-electron chi connectivity index (χ1n) is 6.28. The number of nitrogens with zero attached hydrogens (tertiary/aromatic N) is 1. The molecule has 1 fully saturated rings. The van der Waals surface area contributed by atoms with Crippen LogP contribution in [0.4, 0.5) is 25.0 Å². The predicted molar refractivity (Wildman–Crippen MR) is 69.8 cm³/mol. The lowest BCUT2D eigenvalue weighted by molar-refractivity contribution is 0.182. The van der Waals surface area contributed by atoms with E-state index in [-0.39, 0.29) is 17.4 Å². The van der Waals surface area contributed by atoms with Gasteiger partial charge in [-0.3, -0.25) is 0 Å². The highest BCUT2D eigenvalue weighted by Gasteiger charge is 2.22. The maximum atomic E-state index is 13.5. The highest BCUT2D eigenvalue weighted by molar-refractivity contribution is 5.90. The van der Waals surface area contributed by atoms with Crippen molar-refractivity contribution in [2.45, 2.75) is 19.8 Å². The van der Waals surface area contributed by atoms with Crippen LogP contribution in [-0.2, 0) is 0 Å². The van der Waals surface area contributed by atoms with E-state index in [1.165, 1.54) is 0 Å². The third-order valence-corrected chi connectivity index (χ3v) is 3.27. The Kier molecular flexibility index (Phi) is 3.87. The largest absolute Gasteiger partial charge is 0.396 e. The fourth-order valence-electron chi connectivity index (χ4n) is 2.23. The van der Waals surface area contributed by atoms with E-state index in [9.17, 15) is 13.6 Å². The molecule has 1 aromatic rings. The highest BCUT2D eigenvalue weighted by atomic mass is 19.1. The van der Waals surface area contributed by atoms with Crippen LogP contribution in [0.15, 0.2) is 12.1 Å². The number of carbonyl (C=O) groups excluding carboxylic acids is 1. The van der Waals surface area contributed by atoms with Crippen LogP contribution in [0.5, 0.6) is 0 Å². The van der Waals surface area contributed by atoms with Gasteiger partial charge in [0.15, 0.2) is 0 Å². The van der Waals surface area contributed by atoms with E-state index in [4.69, 9.17) is 5.73 Å². The Morgan fingerprint density at radius 3 is 2.84 bits per heavy atom. The Morgan fingerprint density at radius 2 is 2.16 bits per heavy atom. The number of benzene rings is 1. The molecule has 1 aliphatic heterocycles. The molecule has 19 heavy (non-hydrogen) atoms. The molecule has 2 amide bonds. The van der Waals surface area contributed by atoms with Crippen molar-refractivity contribution >= 4 is 17.4 Å². The van der Waals surface area contributed by atoms with Gasteiger partial charge < -0.3 is 16.0 Å². The van der Waals surface area contributed by atoms with Crippen LogP contribution in [0.3, 0.4) is 0 Å². The van der Waals surface area contributed by atoms with Gasteiger partial charge in [-0.25, -0.2) is 13.6 Å². The normalized spacial score (nSPS) is 19.3. The number of rotatable bonds is 1. The van der Waals surface area contributed by atoms with Crippen LogP contribution in [0, 0.1) is 17.6 Å². The molecule has 3 N–H and O–H groups in total. The summed E-state index contributed by atoms with van der Waals surface area (Å²) in [7, 11) is 0. The van der Waals surface area contributed by atoms with E-state index in [0.717, 1.165) is 18.9 Å². The molecule has 0 aliphatic carbocycles. The molecule has 0 saturated carbocycles. The summed E-state index contributed by atoms with van der Waals surface area (Å²) < 4.78 is 26.5. The van der Waals surface area contributed by atoms with Crippen LogP contribution >= 0.6 is 0 Å². The predicted octanol–water partition coefficient (Wildman–Crippen LogP) is 2.81. The van der Waals surface area contributed by atoms with Crippen molar-refractivity contribution < 1.29 is 13.6 Å². The first-order chi connectivity index (χ1) is 8.97. The maximum Gasteiger partial charge on any atom is 0.321 e. The number of hydrogen-bond donors (Lipinski definition) is 2. The average molecular weight is 269 g/mol. The molecule has 6 heteroatoms. The van der Waals surface area contributed by atoms with Crippen LogP contribution in [0.1, 0.15) is 19.8 Å². The minimum atomic E-state index is -0.831. The van der Waals surface area contributed by atoms with Gasteiger partial charge >= 0.3 is 6.03 Å². The number of piperidine rings is 1. The zero-order valence-electron chi connectivity index (χ0n) is 10.7. The van der Waals surface area contributed by atoms with Crippen molar-refractivity contribution in [2.24, 2.45) is 5.92 Å². The minimum absolute atomic E-state index is 0.0953. The molecule has 1 aliphatic rings. The van der Waals surface area contributed by atoms with Gasteiger partial charge in [-0.1, -0.05) is 6.92 Å². The zero-order chi connectivity index (χ0) is 14.0. The van der Waals surface area contributed by atoms with Crippen molar-refractivity contribution in [2.75, 3.05) is 24.1 Å². The Morgan fingerprint density at radius 1 is 1.42 bits per heavy atom. The summed E-state index contributed by atoms with van der Waals surface area (Å²) in [4.78, 5) is 13.6. The number of halogens is 2. The number of nitrogen functional groups attached to an aromatic ring is 1. The van der Waals surface area contributed by atoms with Crippen LogP contribution in [0.2, 0.25) is 0 Å². The molecule has 1 unspecified atom stereocenters. The Hall–Kier alpha value is -1.85. The van der Waals surface area contributed by atoms with Crippen molar-refractivity contribution in [3.8, 4) is 0 Å². The summed E-state index contributed by atoms with van der Waals surface area (Å²) in [5, 5.41) is 2.43. The number of hydrogen-bond acceptors (Lipinski definition) is 2. The second kappa shape index (κ2) is 5.42. The molecular weight excluding hydrogens is 252 g/mol. The molecular formula is C13H17F2N3O. The topological polar surface area (TPSA) is 58.4 Å². The molecule has 104 valence electrons. The fraction of sp³-hybridized carbons (Fsp3) is 0.462. The Balaban J connectivity index is 2.08. The molecule has 1 saturated heterocycles. The number of urea groups is 1. The lowest BCUT2D eigenvalue weighted by Crippen LogP contribution is -2.41. The quantitative estimate of drug-likeness (QED) is 0.770. The summed E-state index contributed by atoms with van der Waals surface area (Å²) in [5.74, 6) is -1.23. The first kappa shape index (κ1) is 13.6. The maximum absolute atomic E-state index is 13.5. The Bertz CT molecular complexity index is 493. The number of amides is 2. The second-order valence-corrected chi connectivity index (χ2v) is 4.98. The molecule has 0 bridgehead atoms. The summed E-state index contributed by atoms with van der Waals surface area (Å²) in [5.41, 5.74) is 5.07. The molecule has 0 aromatic heterocycles. The molecule has 2 rings (SSSR count). The van der Waals surface area contributed by atoms with E-state index in [1.807, 2.05) is 0 Å². The van der Waals surface area contributed by atoms with Crippen molar-refractivity contribution in [1.82, 2.24) is 4.90 Å². The number of carbonyl (C=O) groups is 1. The molecule has 1 atom stereocenters. The van der Waals surface area contributed by atoms with Gasteiger partial charge in [0.2, 0.25) is 0 Å². The second-order valence-electron chi connectivity index (χ2n) is 4.98. The number of likely N-dealkylation sites (tertiary alicyclic amines) is 1. The Labute approximate surface area is 110 Å². The van der Waals surface area contributed by atoms with E-state index < -0.39 is 11.6 Å². The van der Waals surface area contributed by atoms with Gasteiger partial charge in [-0.15, -0.1) is 0 Å². The smallest absolute Gasteiger partial charge is 0.321 e. The van der Waals surface area contributed by atoms with Crippen molar-refractivity contribution in [3.05, 3.63) is 23.8 Å². The molecule has 1 aromatic carbocycles. The van der Waals surface area contributed by atoms with Crippen LogP contribution in [0.25, 0.3) is 0 Å². The SMILES string of the molecule is CC1CCCN(C(=O)Nc2cc(N)c(F)cc2F)C1. The van der Waals surface area contributed by atoms with Crippen molar-refractivity contribution in [1.29, 1.82) is 0 Å². The summed E-state index contributed by atoms with van der Waals surface area (Å²) in [6.07, 6.45) is 2.02. The third kappa shape index (κ3) is 3.13. The third-order valence-electron chi connectivity index (χ3n) is 3.27. The monoisotopic (exact) mass is 269 g/mol.